The number of nitrogens with one attached hydrogen (secondary N) is 1. The summed E-state index contributed by atoms with van der Waals surface area (Å²) in [5, 5.41) is 2.80. The fourth-order valence-corrected chi connectivity index (χ4v) is 5.09. The van der Waals surface area contributed by atoms with Crippen molar-refractivity contribution < 1.29 is 22.7 Å². The number of rotatable bonds is 6. The third kappa shape index (κ3) is 5.06. The molecule has 1 atom stereocenters. The zero-order chi connectivity index (χ0) is 21.7. The van der Waals surface area contributed by atoms with Crippen LogP contribution in [0.1, 0.15) is 24.0 Å². The van der Waals surface area contributed by atoms with Crippen LogP contribution in [-0.4, -0.2) is 44.8 Å². The Bertz CT molecular complexity index is 1020. The van der Waals surface area contributed by atoms with E-state index in [1.54, 1.807) is 12.1 Å². The predicted octanol–water partition coefficient (Wildman–Crippen LogP) is 2.75. The molecule has 0 saturated carbocycles. The van der Waals surface area contributed by atoms with Crippen molar-refractivity contribution in [3.05, 3.63) is 59.7 Å². The molecule has 0 spiro atoms. The average molecular weight is 431 g/mol. The van der Waals surface area contributed by atoms with Gasteiger partial charge < -0.3 is 10.1 Å². The quantitative estimate of drug-likeness (QED) is 0.712. The van der Waals surface area contributed by atoms with Crippen molar-refractivity contribution in [3.8, 4) is 0 Å². The van der Waals surface area contributed by atoms with Gasteiger partial charge in [-0.05, 0) is 55.2 Å². The summed E-state index contributed by atoms with van der Waals surface area (Å²) in [7, 11) is -2.42. The lowest BCUT2D eigenvalue weighted by molar-refractivity contribution is -0.146. The number of benzene rings is 2. The van der Waals surface area contributed by atoms with Crippen molar-refractivity contribution in [2.24, 2.45) is 5.92 Å². The number of anilines is 1. The van der Waals surface area contributed by atoms with Crippen LogP contribution in [0.2, 0.25) is 0 Å². The Hall–Kier alpha value is -2.71. The van der Waals surface area contributed by atoms with E-state index in [0.29, 0.717) is 25.1 Å². The molecule has 0 unspecified atom stereocenters. The van der Waals surface area contributed by atoms with Crippen LogP contribution in [0, 0.1) is 12.8 Å². The van der Waals surface area contributed by atoms with Crippen molar-refractivity contribution in [2.75, 3.05) is 25.5 Å². The molecule has 1 amide bonds. The first-order chi connectivity index (χ1) is 14.3. The molecule has 1 aliphatic heterocycles. The highest BCUT2D eigenvalue weighted by molar-refractivity contribution is 7.89. The van der Waals surface area contributed by atoms with Gasteiger partial charge >= 0.3 is 5.97 Å². The number of carbonyl (C=O) groups excluding carboxylic acids is 2. The normalized spacial score (nSPS) is 17.3. The van der Waals surface area contributed by atoms with Crippen LogP contribution in [-0.2, 0) is 30.8 Å². The molecule has 0 bridgehead atoms. The molecule has 1 fully saturated rings. The first-order valence-corrected chi connectivity index (χ1v) is 11.3. The molecule has 2 aromatic rings. The average Bonchev–Trinajstić information content (AvgIpc) is 2.75. The Morgan fingerprint density at radius 2 is 1.83 bits per heavy atom. The minimum absolute atomic E-state index is 0.115. The van der Waals surface area contributed by atoms with Crippen molar-refractivity contribution in [1.82, 2.24) is 4.31 Å². The molecule has 1 N–H and O–H groups in total. The Balaban J connectivity index is 1.66. The van der Waals surface area contributed by atoms with Crippen molar-refractivity contribution >= 4 is 27.6 Å². The summed E-state index contributed by atoms with van der Waals surface area (Å²) in [4.78, 5) is 24.2. The van der Waals surface area contributed by atoms with E-state index >= 15 is 0 Å². The lowest BCUT2D eigenvalue weighted by Crippen LogP contribution is -2.42. The van der Waals surface area contributed by atoms with Crippen LogP contribution in [0.5, 0.6) is 0 Å². The molecule has 8 heteroatoms. The SMILES string of the molecule is COC(=O)[C@H]1CCCN(S(=O)(=O)c2ccc(NC(=O)Cc3ccccc3C)cc2)C1. The van der Waals surface area contributed by atoms with Gasteiger partial charge in [-0.25, -0.2) is 8.42 Å². The Morgan fingerprint density at radius 3 is 2.50 bits per heavy atom. The monoisotopic (exact) mass is 430 g/mol. The third-order valence-electron chi connectivity index (χ3n) is 5.31. The van der Waals surface area contributed by atoms with Gasteiger partial charge in [0, 0.05) is 18.8 Å². The van der Waals surface area contributed by atoms with Crippen LogP contribution < -0.4 is 5.32 Å². The van der Waals surface area contributed by atoms with Gasteiger partial charge in [-0.3, -0.25) is 9.59 Å². The number of methoxy groups -OCH3 is 1. The number of esters is 1. The van der Waals surface area contributed by atoms with Gasteiger partial charge in [-0.15, -0.1) is 0 Å². The first kappa shape index (κ1) is 22.0. The van der Waals surface area contributed by atoms with Crippen molar-refractivity contribution in [1.29, 1.82) is 0 Å². The van der Waals surface area contributed by atoms with Gasteiger partial charge in [0.1, 0.15) is 0 Å². The number of sulfonamides is 1. The van der Waals surface area contributed by atoms with Crippen LogP contribution >= 0.6 is 0 Å². The maximum Gasteiger partial charge on any atom is 0.309 e. The van der Waals surface area contributed by atoms with E-state index in [9.17, 15) is 18.0 Å². The second-order valence-corrected chi connectivity index (χ2v) is 9.34. The topological polar surface area (TPSA) is 92.8 Å². The van der Waals surface area contributed by atoms with E-state index in [-0.39, 0.29) is 29.7 Å². The maximum absolute atomic E-state index is 12.9. The number of piperidine rings is 1. The number of hydrogen-bond donors (Lipinski definition) is 1. The lowest BCUT2D eigenvalue weighted by atomic mass is 10.0. The Kier molecular flexibility index (Phi) is 6.89. The third-order valence-corrected chi connectivity index (χ3v) is 7.19. The maximum atomic E-state index is 12.9. The highest BCUT2D eigenvalue weighted by Crippen LogP contribution is 2.25. The van der Waals surface area contributed by atoms with Crippen LogP contribution in [0.3, 0.4) is 0 Å². The Morgan fingerprint density at radius 1 is 1.13 bits per heavy atom. The molecule has 1 heterocycles. The van der Waals surface area contributed by atoms with Gasteiger partial charge in [0.05, 0.1) is 24.3 Å². The molecule has 0 radical (unpaired) electrons. The highest BCUT2D eigenvalue weighted by atomic mass is 32.2. The van der Waals surface area contributed by atoms with Gasteiger partial charge in [0.25, 0.3) is 0 Å². The zero-order valence-corrected chi connectivity index (χ0v) is 17.9. The second-order valence-electron chi connectivity index (χ2n) is 7.40. The highest BCUT2D eigenvalue weighted by Gasteiger charge is 2.33. The van der Waals surface area contributed by atoms with Crippen molar-refractivity contribution in [3.63, 3.8) is 0 Å². The summed E-state index contributed by atoms with van der Waals surface area (Å²) in [5.41, 5.74) is 2.51. The first-order valence-electron chi connectivity index (χ1n) is 9.83. The smallest absolute Gasteiger partial charge is 0.309 e. The van der Waals surface area contributed by atoms with Gasteiger partial charge in [0.2, 0.25) is 15.9 Å². The van der Waals surface area contributed by atoms with E-state index in [4.69, 9.17) is 4.74 Å². The molecule has 3 rings (SSSR count). The van der Waals surface area contributed by atoms with E-state index in [1.165, 1.54) is 23.5 Å². The van der Waals surface area contributed by atoms with Crippen LogP contribution in [0.4, 0.5) is 5.69 Å². The molecular weight excluding hydrogens is 404 g/mol. The molecular formula is C22H26N2O5S. The lowest BCUT2D eigenvalue weighted by Gasteiger charge is -2.30. The number of amides is 1. The minimum atomic E-state index is -3.72. The number of carbonyl (C=O) groups is 2. The summed E-state index contributed by atoms with van der Waals surface area (Å²) in [6.07, 6.45) is 1.46. The fraction of sp³-hybridized carbons (Fsp3) is 0.364. The summed E-state index contributed by atoms with van der Waals surface area (Å²) in [6, 6.07) is 13.8. The standard InChI is InChI=1S/C22H26N2O5S/c1-16-6-3-4-7-17(16)14-21(25)23-19-9-11-20(12-10-19)30(27,28)24-13-5-8-18(15-24)22(26)29-2/h3-4,6-7,9-12,18H,5,8,13-15H2,1-2H3,(H,23,25)/t18-/m0/s1. The summed E-state index contributed by atoms with van der Waals surface area (Å²) < 4.78 is 32.0. The predicted molar refractivity (Wildman–Crippen MR) is 113 cm³/mol. The molecule has 1 aliphatic rings. The van der Waals surface area contributed by atoms with E-state index < -0.39 is 15.9 Å². The molecule has 7 nitrogen and oxygen atoms in total. The fourth-order valence-electron chi connectivity index (χ4n) is 3.57. The summed E-state index contributed by atoms with van der Waals surface area (Å²) in [5.74, 6) is -1.00. The molecule has 0 aliphatic carbocycles. The number of aryl methyl sites for hydroxylation is 1. The zero-order valence-electron chi connectivity index (χ0n) is 17.1. The van der Waals surface area contributed by atoms with E-state index in [2.05, 4.69) is 5.32 Å². The minimum Gasteiger partial charge on any atom is -0.469 e. The van der Waals surface area contributed by atoms with Gasteiger partial charge in [-0.2, -0.15) is 4.31 Å². The molecule has 30 heavy (non-hydrogen) atoms. The Labute approximate surface area is 177 Å². The summed E-state index contributed by atoms with van der Waals surface area (Å²) >= 11 is 0. The number of nitrogens with zero attached hydrogens (tertiary/aromatic N) is 1. The van der Waals surface area contributed by atoms with Gasteiger partial charge in [0.15, 0.2) is 0 Å². The second kappa shape index (κ2) is 9.40. The van der Waals surface area contributed by atoms with Crippen molar-refractivity contribution in [2.45, 2.75) is 31.1 Å². The van der Waals surface area contributed by atoms with E-state index in [0.717, 1.165) is 11.1 Å². The molecule has 1 saturated heterocycles. The van der Waals surface area contributed by atoms with Crippen LogP contribution in [0.15, 0.2) is 53.4 Å². The summed E-state index contributed by atoms with van der Waals surface area (Å²) in [6.45, 7) is 2.43. The molecule has 160 valence electrons. The number of ether oxygens (including phenoxy) is 1. The number of hydrogen-bond acceptors (Lipinski definition) is 5. The molecule has 0 aromatic heterocycles. The van der Waals surface area contributed by atoms with E-state index in [1.807, 2.05) is 31.2 Å². The largest absolute Gasteiger partial charge is 0.469 e. The molecule has 2 aromatic carbocycles. The van der Waals surface area contributed by atoms with Crippen LogP contribution in [0.25, 0.3) is 0 Å². The van der Waals surface area contributed by atoms with Gasteiger partial charge in [-0.1, -0.05) is 24.3 Å².